The van der Waals surface area contributed by atoms with Crippen LogP contribution in [0.25, 0.3) is 0 Å². The highest BCUT2D eigenvalue weighted by atomic mass is 16.2. The monoisotopic (exact) mass is 261 g/mol. The van der Waals surface area contributed by atoms with E-state index in [4.69, 9.17) is 0 Å². The van der Waals surface area contributed by atoms with E-state index < -0.39 is 0 Å². The summed E-state index contributed by atoms with van der Waals surface area (Å²) in [4.78, 5) is 21.4. The third-order valence-corrected chi connectivity index (χ3v) is 2.89. The molecule has 2 N–H and O–H groups in total. The second-order valence-electron chi connectivity index (χ2n) is 4.55. The zero-order valence-electron chi connectivity index (χ0n) is 11.3. The maximum atomic E-state index is 12.4. The van der Waals surface area contributed by atoms with Crippen LogP contribution in [-0.2, 0) is 6.54 Å². The first-order valence-corrected chi connectivity index (χ1v) is 6.50. The van der Waals surface area contributed by atoms with Gasteiger partial charge in [-0.3, -0.25) is 9.89 Å². The molecule has 6 heteroatoms. The van der Waals surface area contributed by atoms with Gasteiger partial charge in [0.05, 0.1) is 6.54 Å². The van der Waals surface area contributed by atoms with Crippen LogP contribution >= 0.6 is 0 Å². The van der Waals surface area contributed by atoms with Gasteiger partial charge in [-0.1, -0.05) is 13.3 Å². The molecule has 0 atom stereocenters. The van der Waals surface area contributed by atoms with E-state index in [1.807, 2.05) is 6.92 Å². The minimum absolute atomic E-state index is 0.0609. The van der Waals surface area contributed by atoms with Gasteiger partial charge in [0, 0.05) is 24.6 Å². The van der Waals surface area contributed by atoms with E-state index in [1.165, 1.54) is 0 Å². The van der Waals surface area contributed by atoms with Crippen molar-refractivity contribution < 1.29 is 4.79 Å². The zero-order chi connectivity index (χ0) is 13.7. The molecule has 0 fully saturated rings. The van der Waals surface area contributed by atoms with Crippen molar-refractivity contribution in [3.8, 4) is 0 Å². The smallest absolute Gasteiger partial charge is 0.274 e. The lowest BCUT2D eigenvalue weighted by atomic mass is 10.2. The zero-order valence-corrected chi connectivity index (χ0v) is 11.3. The number of hydrogen-bond acceptors (Lipinski definition) is 3. The first kappa shape index (κ1) is 13.3. The number of unbranched alkanes of at least 4 members (excludes halogenated alkanes) is 1. The van der Waals surface area contributed by atoms with Crippen molar-refractivity contribution in [1.29, 1.82) is 0 Å². The fraction of sp³-hybridized carbons (Fsp3) is 0.462. The third kappa shape index (κ3) is 3.43. The van der Waals surface area contributed by atoms with Gasteiger partial charge in [0.2, 0.25) is 0 Å². The quantitative estimate of drug-likeness (QED) is 0.833. The first-order chi connectivity index (χ1) is 9.20. The Labute approximate surface area is 112 Å². The minimum atomic E-state index is -0.0609. The lowest BCUT2D eigenvalue weighted by Gasteiger charge is -2.20. The van der Waals surface area contributed by atoms with Crippen LogP contribution in [0.1, 0.15) is 41.8 Å². The second kappa shape index (κ2) is 6.17. The first-order valence-electron chi connectivity index (χ1n) is 6.50. The molecule has 2 aromatic heterocycles. The van der Waals surface area contributed by atoms with Crippen LogP contribution in [0, 0.1) is 6.92 Å². The van der Waals surface area contributed by atoms with E-state index >= 15 is 0 Å². The lowest BCUT2D eigenvalue weighted by molar-refractivity contribution is 0.0731. The van der Waals surface area contributed by atoms with E-state index in [2.05, 4.69) is 27.1 Å². The summed E-state index contributed by atoms with van der Waals surface area (Å²) < 4.78 is 0. The molecule has 0 saturated heterocycles. The van der Waals surface area contributed by atoms with E-state index in [-0.39, 0.29) is 5.91 Å². The van der Waals surface area contributed by atoms with Crippen LogP contribution in [0.15, 0.2) is 18.5 Å². The Morgan fingerprint density at radius 1 is 1.47 bits per heavy atom. The molecule has 2 heterocycles. The molecule has 0 aliphatic heterocycles. The average molecular weight is 261 g/mol. The summed E-state index contributed by atoms with van der Waals surface area (Å²) in [5.41, 5.74) is 1.34. The van der Waals surface area contributed by atoms with Gasteiger partial charge in [-0.25, -0.2) is 4.98 Å². The molecule has 2 rings (SSSR count). The highest BCUT2D eigenvalue weighted by molar-refractivity contribution is 5.92. The highest BCUT2D eigenvalue weighted by Crippen LogP contribution is 2.08. The maximum absolute atomic E-state index is 12.4. The van der Waals surface area contributed by atoms with Gasteiger partial charge in [-0.2, -0.15) is 5.10 Å². The van der Waals surface area contributed by atoms with Crippen LogP contribution < -0.4 is 0 Å². The molecule has 2 aromatic rings. The van der Waals surface area contributed by atoms with Crippen molar-refractivity contribution >= 4 is 5.91 Å². The molecule has 0 bridgehead atoms. The molecule has 0 aliphatic carbocycles. The molecule has 1 amide bonds. The Bertz CT molecular complexity index is 517. The molecule has 6 nitrogen and oxygen atoms in total. The van der Waals surface area contributed by atoms with Crippen molar-refractivity contribution in [2.75, 3.05) is 6.54 Å². The number of aromatic amines is 2. The fourth-order valence-electron chi connectivity index (χ4n) is 1.86. The van der Waals surface area contributed by atoms with Crippen LogP contribution in [0.2, 0.25) is 0 Å². The SMILES string of the molecule is CCCCN(Cc1ncc[nH]1)C(=O)c1cc(C)[nH]n1. The van der Waals surface area contributed by atoms with Crippen LogP contribution in [-0.4, -0.2) is 37.5 Å². The number of amides is 1. The molecule has 0 spiro atoms. The Morgan fingerprint density at radius 2 is 2.32 bits per heavy atom. The Hall–Kier alpha value is -2.11. The van der Waals surface area contributed by atoms with Gasteiger partial charge in [-0.05, 0) is 19.4 Å². The fourth-order valence-corrected chi connectivity index (χ4v) is 1.86. The number of nitrogens with zero attached hydrogens (tertiary/aromatic N) is 3. The maximum Gasteiger partial charge on any atom is 0.274 e. The van der Waals surface area contributed by atoms with Gasteiger partial charge < -0.3 is 9.88 Å². The van der Waals surface area contributed by atoms with E-state index in [0.717, 1.165) is 24.4 Å². The van der Waals surface area contributed by atoms with Crippen molar-refractivity contribution in [1.82, 2.24) is 25.1 Å². The van der Waals surface area contributed by atoms with Crippen LogP contribution in [0.5, 0.6) is 0 Å². The molecule has 0 aromatic carbocycles. The van der Waals surface area contributed by atoms with Gasteiger partial charge in [0.1, 0.15) is 11.5 Å². The Balaban J connectivity index is 2.10. The predicted octanol–water partition coefficient (Wildman–Crippen LogP) is 1.88. The molecular formula is C13H19N5O. The normalized spacial score (nSPS) is 10.6. The number of rotatable bonds is 6. The van der Waals surface area contributed by atoms with Crippen molar-refractivity contribution in [3.05, 3.63) is 35.7 Å². The topological polar surface area (TPSA) is 77.7 Å². The van der Waals surface area contributed by atoms with Crippen molar-refractivity contribution in [2.24, 2.45) is 0 Å². The summed E-state index contributed by atoms with van der Waals surface area (Å²) in [6.45, 7) is 5.18. The minimum Gasteiger partial charge on any atom is -0.347 e. The van der Waals surface area contributed by atoms with Crippen molar-refractivity contribution in [3.63, 3.8) is 0 Å². The second-order valence-corrected chi connectivity index (χ2v) is 4.55. The summed E-state index contributed by atoms with van der Waals surface area (Å²) in [5, 5.41) is 6.83. The number of H-pyrrole nitrogens is 2. The Morgan fingerprint density at radius 3 is 2.89 bits per heavy atom. The van der Waals surface area contributed by atoms with Gasteiger partial charge >= 0.3 is 0 Å². The summed E-state index contributed by atoms with van der Waals surface area (Å²) in [7, 11) is 0. The number of carbonyl (C=O) groups excluding carboxylic acids is 1. The van der Waals surface area contributed by atoms with E-state index in [0.29, 0.717) is 18.8 Å². The molecule has 0 radical (unpaired) electrons. The summed E-state index contributed by atoms with van der Waals surface area (Å²) in [6.07, 6.45) is 5.46. The predicted molar refractivity (Wildman–Crippen MR) is 71.6 cm³/mol. The summed E-state index contributed by atoms with van der Waals surface area (Å²) in [6, 6.07) is 1.77. The average Bonchev–Trinajstić information content (AvgIpc) is 3.05. The van der Waals surface area contributed by atoms with Crippen LogP contribution in [0.4, 0.5) is 0 Å². The summed E-state index contributed by atoms with van der Waals surface area (Å²) in [5.74, 6) is 0.728. The number of carbonyl (C=O) groups is 1. The molecule has 0 saturated carbocycles. The number of imidazole rings is 1. The van der Waals surface area contributed by atoms with Gasteiger partial charge in [-0.15, -0.1) is 0 Å². The largest absolute Gasteiger partial charge is 0.347 e. The van der Waals surface area contributed by atoms with Gasteiger partial charge in [0.25, 0.3) is 5.91 Å². The molecule has 19 heavy (non-hydrogen) atoms. The molecular weight excluding hydrogens is 242 g/mol. The van der Waals surface area contributed by atoms with Crippen LogP contribution in [0.3, 0.4) is 0 Å². The van der Waals surface area contributed by atoms with Gasteiger partial charge in [0.15, 0.2) is 0 Å². The molecule has 102 valence electrons. The van der Waals surface area contributed by atoms with Crippen molar-refractivity contribution in [2.45, 2.75) is 33.2 Å². The van der Waals surface area contributed by atoms with E-state index in [1.54, 1.807) is 23.4 Å². The summed E-state index contributed by atoms with van der Waals surface area (Å²) >= 11 is 0. The van der Waals surface area contributed by atoms with E-state index in [9.17, 15) is 4.79 Å². The highest BCUT2D eigenvalue weighted by Gasteiger charge is 2.18. The Kier molecular flexibility index (Phi) is 4.33. The number of aryl methyl sites for hydroxylation is 1. The molecule has 0 unspecified atom stereocenters. The standard InChI is InChI=1S/C13H19N5O/c1-3-4-7-18(9-12-14-5-6-15-12)13(19)11-8-10(2)16-17-11/h5-6,8H,3-4,7,9H2,1-2H3,(H,14,15)(H,16,17). The number of aromatic nitrogens is 4. The lowest BCUT2D eigenvalue weighted by Crippen LogP contribution is -2.32. The number of nitrogens with one attached hydrogen (secondary N) is 2. The molecule has 0 aliphatic rings. The number of hydrogen-bond donors (Lipinski definition) is 2. The third-order valence-electron chi connectivity index (χ3n) is 2.89.